The zero-order chi connectivity index (χ0) is 23.5. The van der Waals surface area contributed by atoms with Crippen molar-refractivity contribution in [2.75, 3.05) is 13.2 Å². The molecule has 6 heteroatoms. The first-order valence-corrected chi connectivity index (χ1v) is 11.6. The maximum Gasteiger partial charge on any atom is 0.222 e. The lowest BCUT2D eigenvalue weighted by atomic mass is 9.86. The monoisotopic (exact) mass is 455 g/mol. The molecule has 34 heavy (non-hydrogen) atoms. The molecule has 0 aliphatic carbocycles. The zero-order valence-corrected chi connectivity index (χ0v) is 19.0. The number of hydrogen-bond acceptors (Lipinski definition) is 5. The Balaban J connectivity index is 1.65. The van der Waals surface area contributed by atoms with Crippen molar-refractivity contribution in [1.82, 2.24) is 9.97 Å². The fourth-order valence-electron chi connectivity index (χ4n) is 4.58. The lowest BCUT2D eigenvalue weighted by Gasteiger charge is -2.20. The second-order valence-corrected chi connectivity index (χ2v) is 8.87. The van der Waals surface area contributed by atoms with Crippen LogP contribution in [0, 0.1) is 17.8 Å². The second kappa shape index (κ2) is 9.82. The number of aliphatic hydroxyl groups excluding tert-OH is 1. The molecule has 1 N–H and O–H groups in total. The van der Waals surface area contributed by atoms with E-state index >= 15 is 0 Å². The summed E-state index contributed by atoms with van der Waals surface area (Å²) in [6, 6.07) is 15.1. The van der Waals surface area contributed by atoms with Crippen LogP contribution in [-0.4, -0.2) is 34.0 Å². The zero-order valence-electron chi connectivity index (χ0n) is 19.0. The number of aliphatic imine (C=N–C) groups is 1. The summed E-state index contributed by atoms with van der Waals surface area (Å²) in [5.74, 6) is -0.0185. The topological polar surface area (TPSA) is 67.6 Å². The molecule has 2 aromatic heterocycles. The van der Waals surface area contributed by atoms with E-state index in [4.69, 9.17) is 14.7 Å². The van der Waals surface area contributed by atoms with Crippen molar-refractivity contribution >= 4 is 17.5 Å². The summed E-state index contributed by atoms with van der Waals surface area (Å²) in [5, 5.41) is 9.52. The number of halogens is 1. The second-order valence-electron chi connectivity index (χ2n) is 8.87. The van der Waals surface area contributed by atoms with Crippen molar-refractivity contribution in [3.63, 3.8) is 0 Å². The van der Waals surface area contributed by atoms with Crippen molar-refractivity contribution in [3.8, 4) is 11.3 Å². The molecule has 1 fully saturated rings. The van der Waals surface area contributed by atoms with E-state index < -0.39 is 5.95 Å². The fourth-order valence-corrected chi connectivity index (χ4v) is 4.58. The molecular weight excluding hydrogens is 429 g/mol. The van der Waals surface area contributed by atoms with Gasteiger partial charge < -0.3 is 9.84 Å². The Bertz CT molecular complexity index is 1310. The highest BCUT2D eigenvalue weighted by Crippen LogP contribution is 2.32. The molecule has 3 aromatic rings. The molecule has 1 aromatic carbocycles. The van der Waals surface area contributed by atoms with E-state index in [0.29, 0.717) is 23.8 Å². The number of rotatable bonds is 4. The summed E-state index contributed by atoms with van der Waals surface area (Å²) in [6.07, 6.45) is 4.98. The molecule has 2 atom stereocenters. The molecule has 2 aliphatic heterocycles. The van der Waals surface area contributed by atoms with Crippen molar-refractivity contribution < 1.29 is 14.2 Å². The molecule has 0 spiro atoms. The van der Waals surface area contributed by atoms with Crippen LogP contribution in [0.4, 0.5) is 4.39 Å². The summed E-state index contributed by atoms with van der Waals surface area (Å²) in [4.78, 5) is 13.7. The summed E-state index contributed by atoms with van der Waals surface area (Å²) >= 11 is 0. The third-order valence-electron chi connectivity index (χ3n) is 6.28. The first-order chi connectivity index (χ1) is 16.6. The van der Waals surface area contributed by atoms with Gasteiger partial charge >= 0.3 is 0 Å². The van der Waals surface area contributed by atoms with Crippen molar-refractivity contribution in [2.45, 2.75) is 26.4 Å². The number of benzene rings is 1. The van der Waals surface area contributed by atoms with Crippen LogP contribution in [0.1, 0.15) is 42.1 Å². The Labute approximate surface area is 198 Å². The van der Waals surface area contributed by atoms with Gasteiger partial charge in [0.05, 0.1) is 29.3 Å². The average Bonchev–Trinajstić information content (AvgIpc) is 3.20. The van der Waals surface area contributed by atoms with Crippen LogP contribution >= 0.6 is 0 Å². The van der Waals surface area contributed by atoms with Crippen molar-refractivity contribution in [3.05, 3.63) is 88.8 Å². The molecule has 4 heterocycles. The SMILES string of the molecule is C[C@H]1COCCC(C2=NC(c3cccnc3F)=C=Cc3nc(-c4cccc(CO)c4)ccc32)C1. The Kier molecular flexibility index (Phi) is 6.45. The number of aromatic nitrogens is 2. The van der Waals surface area contributed by atoms with Crippen LogP contribution in [0.2, 0.25) is 0 Å². The molecule has 2 aliphatic rings. The van der Waals surface area contributed by atoms with Crippen molar-refractivity contribution in [2.24, 2.45) is 16.8 Å². The van der Waals surface area contributed by atoms with E-state index in [2.05, 4.69) is 17.6 Å². The van der Waals surface area contributed by atoms with Gasteiger partial charge in [-0.15, -0.1) is 0 Å². The summed E-state index contributed by atoms with van der Waals surface area (Å²) in [7, 11) is 0. The highest BCUT2D eigenvalue weighted by atomic mass is 19.1. The highest BCUT2D eigenvalue weighted by molar-refractivity contribution is 6.08. The maximum absolute atomic E-state index is 14.6. The van der Waals surface area contributed by atoms with Crippen LogP contribution in [0.5, 0.6) is 0 Å². The molecule has 172 valence electrons. The number of hydrogen-bond donors (Lipinski definition) is 1. The maximum atomic E-state index is 14.6. The number of pyridine rings is 2. The van der Waals surface area contributed by atoms with Gasteiger partial charge in [-0.25, -0.2) is 15.0 Å². The van der Waals surface area contributed by atoms with E-state index in [1.807, 2.05) is 36.4 Å². The summed E-state index contributed by atoms with van der Waals surface area (Å²) in [6.45, 7) is 3.55. The number of ether oxygens (including phenoxy) is 1. The van der Waals surface area contributed by atoms with E-state index in [-0.39, 0.29) is 12.5 Å². The molecular formula is C28H26FN3O2. The third-order valence-corrected chi connectivity index (χ3v) is 6.28. The van der Waals surface area contributed by atoms with Gasteiger partial charge in [0.1, 0.15) is 5.70 Å². The molecule has 0 saturated carbocycles. The predicted molar refractivity (Wildman–Crippen MR) is 130 cm³/mol. The van der Waals surface area contributed by atoms with Crippen LogP contribution in [-0.2, 0) is 11.3 Å². The van der Waals surface area contributed by atoms with Gasteiger partial charge in [-0.3, -0.25) is 0 Å². The van der Waals surface area contributed by atoms with Crippen LogP contribution in [0.15, 0.2) is 65.5 Å². The number of nitrogens with zero attached hydrogens (tertiary/aromatic N) is 3. The van der Waals surface area contributed by atoms with Gasteiger partial charge in [0.25, 0.3) is 0 Å². The molecule has 5 rings (SSSR count). The Morgan fingerprint density at radius 3 is 2.91 bits per heavy atom. The first-order valence-electron chi connectivity index (χ1n) is 11.6. The van der Waals surface area contributed by atoms with Gasteiger partial charge in [-0.1, -0.05) is 30.9 Å². The quantitative estimate of drug-likeness (QED) is 0.429. The molecule has 0 radical (unpaired) electrons. The normalized spacial score (nSPS) is 20.1. The highest BCUT2D eigenvalue weighted by Gasteiger charge is 2.27. The van der Waals surface area contributed by atoms with Gasteiger partial charge in [0.15, 0.2) is 0 Å². The minimum absolute atomic E-state index is 0.0276. The minimum Gasteiger partial charge on any atom is -0.392 e. The Hall–Kier alpha value is -3.44. The number of fused-ring (bicyclic) bond motifs is 1. The number of aliphatic hydroxyl groups is 1. The lowest BCUT2D eigenvalue weighted by molar-refractivity contribution is 0.120. The van der Waals surface area contributed by atoms with E-state index in [0.717, 1.165) is 53.2 Å². The first kappa shape index (κ1) is 22.4. The molecule has 1 unspecified atom stereocenters. The van der Waals surface area contributed by atoms with E-state index in [1.54, 1.807) is 18.2 Å². The smallest absolute Gasteiger partial charge is 0.222 e. The lowest BCUT2D eigenvalue weighted by Crippen LogP contribution is -2.20. The predicted octanol–water partition coefficient (Wildman–Crippen LogP) is 5.29. The van der Waals surface area contributed by atoms with Crippen LogP contribution in [0.3, 0.4) is 0 Å². The molecule has 5 nitrogen and oxygen atoms in total. The van der Waals surface area contributed by atoms with Crippen LogP contribution in [0.25, 0.3) is 23.0 Å². The van der Waals surface area contributed by atoms with Gasteiger partial charge in [0.2, 0.25) is 5.95 Å². The standard InChI is InChI=1S/C28H26FN3O2/c1-18-14-21(11-13-34-17-18)27-22-7-8-24(20-5-2-4-19(15-20)16-33)31-25(22)9-10-26(32-27)23-6-3-12-30-28(23)29/h2-9,12,15,18,21,33H,11,13-14,16-17H2,1H3/t18-,21?/m1/s1. The van der Waals surface area contributed by atoms with Crippen LogP contribution < -0.4 is 0 Å². The van der Waals surface area contributed by atoms with Gasteiger partial charge in [0, 0.05) is 42.5 Å². The third kappa shape index (κ3) is 4.62. The molecule has 0 amide bonds. The Morgan fingerprint density at radius 2 is 2.06 bits per heavy atom. The summed E-state index contributed by atoms with van der Waals surface area (Å²) in [5.41, 5.74) is 9.00. The van der Waals surface area contributed by atoms with E-state index in [9.17, 15) is 9.50 Å². The molecule has 1 saturated heterocycles. The van der Waals surface area contributed by atoms with Crippen molar-refractivity contribution in [1.29, 1.82) is 0 Å². The summed E-state index contributed by atoms with van der Waals surface area (Å²) < 4.78 is 20.4. The average molecular weight is 456 g/mol. The minimum atomic E-state index is -0.570. The van der Waals surface area contributed by atoms with Gasteiger partial charge in [-0.2, -0.15) is 4.39 Å². The molecule has 0 bridgehead atoms. The van der Waals surface area contributed by atoms with E-state index in [1.165, 1.54) is 6.20 Å². The fraction of sp³-hybridized carbons (Fsp3) is 0.286. The largest absolute Gasteiger partial charge is 0.392 e. The Morgan fingerprint density at radius 1 is 1.15 bits per heavy atom. The van der Waals surface area contributed by atoms with Gasteiger partial charge in [-0.05, 0) is 54.7 Å².